The number of nitrogens with zero attached hydrogens (tertiary/aromatic N) is 1. The molecule has 5 heteroatoms. The fraction of sp³-hybridized carbons (Fsp3) is 0.0769. The molecule has 94 valence electrons. The summed E-state index contributed by atoms with van der Waals surface area (Å²) in [5.74, 6) is -0.318. The molecule has 0 amide bonds. The van der Waals surface area contributed by atoms with Crippen LogP contribution >= 0.6 is 12.4 Å². The summed E-state index contributed by atoms with van der Waals surface area (Å²) in [5, 5.41) is 8.73. The molecule has 0 radical (unpaired) electrons. The van der Waals surface area contributed by atoms with E-state index in [1.807, 2.05) is 18.2 Å². The normalized spacial score (nSPS) is 9.33. The molecular weight excluding hydrogens is 254 g/mol. The molecule has 1 aromatic heterocycles. The molecule has 0 saturated carbocycles. The number of pyridine rings is 1. The van der Waals surface area contributed by atoms with Gasteiger partial charge in [-0.3, -0.25) is 4.98 Å². The number of halogens is 1. The molecule has 4 nitrogen and oxygen atoms in total. The third kappa shape index (κ3) is 3.75. The van der Waals surface area contributed by atoms with Crippen LogP contribution in [-0.2, 0) is 6.61 Å². The predicted molar refractivity (Wildman–Crippen MR) is 69.2 cm³/mol. The number of hydrogen-bond donors (Lipinski definition) is 1. The van der Waals surface area contributed by atoms with E-state index in [9.17, 15) is 4.79 Å². The minimum atomic E-state index is -0.943. The number of carbonyl (C=O) groups is 1. The van der Waals surface area contributed by atoms with E-state index in [1.165, 1.54) is 12.1 Å². The summed E-state index contributed by atoms with van der Waals surface area (Å²) in [6.07, 6.45) is 1.70. The van der Waals surface area contributed by atoms with Crippen molar-refractivity contribution in [1.82, 2.24) is 4.98 Å². The van der Waals surface area contributed by atoms with Crippen molar-refractivity contribution in [2.24, 2.45) is 0 Å². The third-order valence-corrected chi connectivity index (χ3v) is 2.21. The Labute approximate surface area is 111 Å². The smallest absolute Gasteiger partial charge is 0.335 e. The first-order valence-corrected chi connectivity index (χ1v) is 5.12. The number of ether oxygens (including phenoxy) is 1. The Balaban J connectivity index is 0.00000162. The molecule has 0 aliphatic heterocycles. The Kier molecular flexibility index (Phi) is 5.14. The SMILES string of the molecule is Cl.O=C(O)c1ccc(OCc2ccccn2)cc1. The number of aromatic carboxylic acids is 1. The van der Waals surface area contributed by atoms with Crippen LogP contribution in [0.5, 0.6) is 5.75 Å². The van der Waals surface area contributed by atoms with E-state index >= 15 is 0 Å². The molecule has 0 aliphatic rings. The van der Waals surface area contributed by atoms with Crippen LogP contribution in [0.1, 0.15) is 16.1 Å². The van der Waals surface area contributed by atoms with Gasteiger partial charge in [0.05, 0.1) is 11.3 Å². The highest BCUT2D eigenvalue weighted by Gasteiger charge is 2.02. The minimum absolute atomic E-state index is 0. The average Bonchev–Trinajstić information content (AvgIpc) is 2.38. The van der Waals surface area contributed by atoms with E-state index in [-0.39, 0.29) is 18.0 Å². The zero-order valence-corrected chi connectivity index (χ0v) is 10.3. The molecule has 1 heterocycles. The molecule has 0 fully saturated rings. The molecule has 0 bridgehead atoms. The van der Waals surface area contributed by atoms with Crippen LogP contribution in [0.15, 0.2) is 48.7 Å². The van der Waals surface area contributed by atoms with Crippen LogP contribution in [-0.4, -0.2) is 16.1 Å². The topological polar surface area (TPSA) is 59.4 Å². The second-order valence-electron chi connectivity index (χ2n) is 3.44. The Morgan fingerprint density at radius 3 is 2.44 bits per heavy atom. The zero-order chi connectivity index (χ0) is 12.1. The van der Waals surface area contributed by atoms with E-state index in [2.05, 4.69) is 4.98 Å². The third-order valence-electron chi connectivity index (χ3n) is 2.21. The van der Waals surface area contributed by atoms with Gasteiger partial charge in [-0.25, -0.2) is 4.79 Å². The fourth-order valence-corrected chi connectivity index (χ4v) is 1.33. The van der Waals surface area contributed by atoms with Crippen molar-refractivity contribution in [1.29, 1.82) is 0 Å². The van der Waals surface area contributed by atoms with Gasteiger partial charge >= 0.3 is 5.97 Å². The molecule has 2 rings (SSSR count). The summed E-state index contributed by atoms with van der Waals surface area (Å²) in [7, 11) is 0. The monoisotopic (exact) mass is 265 g/mol. The maximum Gasteiger partial charge on any atom is 0.335 e. The number of carboxylic acids is 1. The molecule has 18 heavy (non-hydrogen) atoms. The average molecular weight is 266 g/mol. The number of aromatic nitrogens is 1. The molecule has 1 N–H and O–H groups in total. The summed E-state index contributed by atoms with van der Waals surface area (Å²) >= 11 is 0. The van der Waals surface area contributed by atoms with E-state index < -0.39 is 5.97 Å². The van der Waals surface area contributed by atoms with Gasteiger partial charge in [0.25, 0.3) is 0 Å². The van der Waals surface area contributed by atoms with Crippen molar-refractivity contribution in [3.05, 3.63) is 59.9 Å². The molecule has 0 saturated heterocycles. The van der Waals surface area contributed by atoms with Crippen molar-refractivity contribution < 1.29 is 14.6 Å². The van der Waals surface area contributed by atoms with Crippen LogP contribution in [0.25, 0.3) is 0 Å². The van der Waals surface area contributed by atoms with Crippen molar-refractivity contribution >= 4 is 18.4 Å². The first-order chi connectivity index (χ1) is 8.25. The maximum absolute atomic E-state index is 10.6. The highest BCUT2D eigenvalue weighted by Crippen LogP contribution is 2.13. The van der Waals surface area contributed by atoms with Gasteiger partial charge < -0.3 is 9.84 Å². The van der Waals surface area contributed by atoms with E-state index in [4.69, 9.17) is 9.84 Å². The lowest BCUT2D eigenvalue weighted by atomic mass is 10.2. The Morgan fingerprint density at radius 1 is 1.17 bits per heavy atom. The number of hydrogen-bond acceptors (Lipinski definition) is 3. The summed E-state index contributed by atoms with van der Waals surface area (Å²) in [5.41, 5.74) is 1.07. The largest absolute Gasteiger partial charge is 0.487 e. The molecule has 0 spiro atoms. The van der Waals surface area contributed by atoms with Gasteiger partial charge in [0.2, 0.25) is 0 Å². The molecule has 0 unspecified atom stereocenters. The van der Waals surface area contributed by atoms with Gasteiger partial charge in [0.15, 0.2) is 0 Å². The first-order valence-electron chi connectivity index (χ1n) is 5.12. The van der Waals surface area contributed by atoms with E-state index in [1.54, 1.807) is 18.3 Å². The number of benzene rings is 1. The standard InChI is InChI=1S/C13H11NO3.ClH/c15-13(16)10-4-6-12(7-5-10)17-9-11-3-1-2-8-14-11;/h1-8H,9H2,(H,15,16);1H. The van der Waals surface area contributed by atoms with Crippen molar-refractivity contribution in [3.63, 3.8) is 0 Å². The molecular formula is C13H12ClNO3. The van der Waals surface area contributed by atoms with E-state index in [0.29, 0.717) is 12.4 Å². The van der Waals surface area contributed by atoms with Crippen LogP contribution in [0.4, 0.5) is 0 Å². The highest BCUT2D eigenvalue weighted by molar-refractivity contribution is 5.87. The molecule has 1 aromatic carbocycles. The quantitative estimate of drug-likeness (QED) is 0.923. The summed E-state index contributed by atoms with van der Waals surface area (Å²) in [4.78, 5) is 14.8. The van der Waals surface area contributed by atoms with Gasteiger partial charge in [0, 0.05) is 6.20 Å². The Bertz CT molecular complexity index is 499. The van der Waals surface area contributed by atoms with Gasteiger partial charge in [-0.2, -0.15) is 0 Å². The van der Waals surface area contributed by atoms with Crippen molar-refractivity contribution in [3.8, 4) is 5.75 Å². The second kappa shape index (κ2) is 6.61. The van der Waals surface area contributed by atoms with Crippen LogP contribution in [0.2, 0.25) is 0 Å². The zero-order valence-electron chi connectivity index (χ0n) is 9.45. The fourth-order valence-electron chi connectivity index (χ4n) is 1.33. The lowest BCUT2D eigenvalue weighted by Crippen LogP contribution is -1.99. The first kappa shape index (κ1) is 14.0. The van der Waals surface area contributed by atoms with Gasteiger partial charge in [-0.1, -0.05) is 6.07 Å². The maximum atomic E-state index is 10.6. The van der Waals surface area contributed by atoms with Gasteiger partial charge in [0.1, 0.15) is 12.4 Å². The van der Waals surface area contributed by atoms with Crippen molar-refractivity contribution in [2.75, 3.05) is 0 Å². The predicted octanol–water partition coefficient (Wildman–Crippen LogP) is 2.78. The van der Waals surface area contributed by atoms with Crippen molar-refractivity contribution in [2.45, 2.75) is 6.61 Å². The van der Waals surface area contributed by atoms with Crippen LogP contribution in [0.3, 0.4) is 0 Å². The lowest BCUT2D eigenvalue weighted by molar-refractivity contribution is 0.0697. The number of rotatable bonds is 4. The second-order valence-corrected chi connectivity index (χ2v) is 3.44. The Morgan fingerprint density at radius 2 is 1.89 bits per heavy atom. The molecule has 0 aliphatic carbocycles. The summed E-state index contributed by atoms with van der Waals surface area (Å²) in [6.45, 7) is 0.368. The molecule has 0 atom stereocenters. The van der Waals surface area contributed by atoms with Crippen LogP contribution < -0.4 is 4.74 Å². The van der Waals surface area contributed by atoms with Crippen LogP contribution in [0, 0.1) is 0 Å². The highest BCUT2D eigenvalue weighted by atomic mass is 35.5. The molecule has 2 aromatic rings. The number of carboxylic acid groups (broad SMARTS) is 1. The minimum Gasteiger partial charge on any atom is -0.487 e. The summed E-state index contributed by atoms with van der Waals surface area (Å²) < 4.78 is 5.47. The lowest BCUT2D eigenvalue weighted by Gasteiger charge is -2.05. The van der Waals surface area contributed by atoms with Gasteiger partial charge in [-0.15, -0.1) is 12.4 Å². The summed E-state index contributed by atoms with van der Waals surface area (Å²) in [6, 6.07) is 11.9. The Hall–Kier alpha value is -2.07. The van der Waals surface area contributed by atoms with Gasteiger partial charge in [-0.05, 0) is 36.4 Å². The van der Waals surface area contributed by atoms with E-state index in [0.717, 1.165) is 5.69 Å².